The molecule has 0 bridgehead atoms. The number of halogens is 1. The normalized spacial score (nSPS) is 21.5. The van der Waals surface area contributed by atoms with E-state index in [-0.39, 0.29) is 24.6 Å². The molecule has 174 valence electrons. The third-order valence-corrected chi connectivity index (χ3v) is 6.57. The van der Waals surface area contributed by atoms with Crippen LogP contribution in [0.3, 0.4) is 0 Å². The molecule has 1 saturated heterocycles. The van der Waals surface area contributed by atoms with Crippen LogP contribution in [0.15, 0.2) is 30.9 Å². The maximum atomic E-state index is 13.9. The number of aromatic nitrogens is 4. The number of amides is 2. The number of fused-ring (bicyclic) bond motifs is 1. The van der Waals surface area contributed by atoms with Crippen molar-refractivity contribution in [2.45, 2.75) is 38.0 Å². The van der Waals surface area contributed by atoms with Gasteiger partial charge in [0.1, 0.15) is 5.60 Å². The van der Waals surface area contributed by atoms with Gasteiger partial charge < -0.3 is 21.1 Å². The van der Waals surface area contributed by atoms with E-state index in [2.05, 4.69) is 15.5 Å². The number of nitrogens with one attached hydrogen (secondary N) is 1. The molecule has 5 rings (SSSR count). The van der Waals surface area contributed by atoms with Crippen LogP contribution in [0.25, 0.3) is 16.6 Å². The molecule has 0 unspecified atom stereocenters. The second kappa shape index (κ2) is 7.84. The molecule has 33 heavy (non-hydrogen) atoms. The number of alkyl halides is 1. The van der Waals surface area contributed by atoms with E-state index in [0.29, 0.717) is 24.0 Å². The van der Waals surface area contributed by atoms with Crippen molar-refractivity contribution in [3.05, 3.63) is 36.4 Å². The van der Waals surface area contributed by atoms with Gasteiger partial charge in [0.15, 0.2) is 0 Å². The van der Waals surface area contributed by atoms with E-state index in [1.807, 2.05) is 30.1 Å². The predicted octanol–water partition coefficient (Wildman–Crippen LogP) is 1.05. The summed E-state index contributed by atoms with van der Waals surface area (Å²) in [5, 5.41) is 22.1. The Bertz CT molecular complexity index is 1230. The Morgan fingerprint density at radius 3 is 2.67 bits per heavy atom. The number of aliphatic hydroxyl groups is 1. The zero-order chi connectivity index (χ0) is 23.3. The fourth-order valence-electron chi connectivity index (χ4n) is 4.41. The first-order chi connectivity index (χ1) is 15.8. The minimum Gasteiger partial charge on any atom is -0.380 e. The number of anilines is 1. The van der Waals surface area contributed by atoms with Crippen LogP contribution in [-0.2, 0) is 11.3 Å². The molecule has 3 aromatic rings. The van der Waals surface area contributed by atoms with Gasteiger partial charge in [0.25, 0.3) is 11.8 Å². The van der Waals surface area contributed by atoms with E-state index in [1.165, 1.54) is 11.1 Å². The van der Waals surface area contributed by atoms with Crippen LogP contribution in [0.4, 0.5) is 10.1 Å². The van der Waals surface area contributed by atoms with E-state index in [4.69, 9.17) is 5.73 Å². The summed E-state index contributed by atoms with van der Waals surface area (Å²) in [6, 6.07) is 1.42. The minimum atomic E-state index is -1.31. The van der Waals surface area contributed by atoms with Gasteiger partial charge in [0, 0.05) is 49.1 Å². The van der Waals surface area contributed by atoms with Gasteiger partial charge in [-0.3, -0.25) is 18.7 Å². The Morgan fingerprint density at radius 1 is 1.24 bits per heavy atom. The first-order valence-electron chi connectivity index (χ1n) is 11.0. The van der Waals surface area contributed by atoms with E-state index >= 15 is 0 Å². The van der Waals surface area contributed by atoms with Crippen molar-refractivity contribution >= 4 is 23.0 Å². The second-order valence-corrected chi connectivity index (χ2v) is 8.85. The zero-order valence-corrected chi connectivity index (χ0v) is 18.2. The van der Waals surface area contributed by atoms with Crippen LogP contribution in [0.1, 0.15) is 30.1 Å². The molecule has 4 N–H and O–H groups in total. The van der Waals surface area contributed by atoms with Gasteiger partial charge >= 0.3 is 0 Å². The highest BCUT2D eigenvalue weighted by atomic mass is 19.1. The summed E-state index contributed by atoms with van der Waals surface area (Å²) in [5.41, 5.74) is 7.28. The van der Waals surface area contributed by atoms with Crippen LogP contribution >= 0.6 is 0 Å². The summed E-state index contributed by atoms with van der Waals surface area (Å²) in [6.45, 7) is 2.51. The molecule has 1 aliphatic carbocycles. The van der Waals surface area contributed by atoms with E-state index in [0.717, 1.165) is 17.7 Å². The lowest BCUT2D eigenvalue weighted by Crippen LogP contribution is -2.40. The average Bonchev–Trinajstić information content (AvgIpc) is 3.21. The zero-order valence-electron chi connectivity index (χ0n) is 18.2. The molecule has 10 nitrogen and oxygen atoms in total. The summed E-state index contributed by atoms with van der Waals surface area (Å²) in [4.78, 5) is 26.3. The molecule has 2 amide bonds. The summed E-state index contributed by atoms with van der Waals surface area (Å²) < 4.78 is 17.3. The summed E-state index contributed by atoms with van der Waals surface area (Å²) >= 11 is 0. The summed E-state index contributed by atoms with van der Waals surface area (Å²) in [6.07, 6.45) is 7.73. The number of carbonyl (C=O) groups is 2. The third kappa shape index (κ3) is 3.71. The van der Waals surface area contributed by atoms with Gasteiger partial charge in [0.05, 0.1) is 41.9 Å². The first-order valence-corrected chi connectivity index (χ1v) is 11.0. The number of hydrogen-bond acceptors (Lipinski definition) is 6. The minimum absolute atomic E-state index is 0.180. The van der Waals surface area contributed by atoms with Gasteiger partial charge in [-0.15, -0.1) is 0 Å². The Hall–Kier alpha value is -3.47. The molecule has 2 atom stereocenters. The molecule has 11 heteroatoms. The lowest BCUT2D eigenvalue weighted by Gasteiger charge is -2.21. The summed E-state index contributed by atoms with van der Waals surface area (Å²) in [7, 11) is 0. The Kier molecular flexibility index (Phi) is 5.08. The van der Waals surface area contributed by atoms with Gasteiger partial charge in [0.2, 0.25) is 0 Å². The molecule has 2 aliphatic rings. The second-order valence-electron chi connectivity index (χ2n) is 8.85. The van der Waals surface area contributed by atoms with E-state index in [1.54, 1.807) is 10.7 Å². The van der Waals surface area contributed by atoms with Gasteiger partial charge in [-0.2, -0.15) is 10.2 Å². The Morgan fingerprint density at radius 2 is 2.03 bits per heavy atom. The molecule has 2 fully saturated rings. The number of primary amides is 1. The van der Waals surface area contributed by atoms with E-state index in [9.17, 15) is 19.1 Å². The maximum absolute atomic E-state index is 13.9. The molecule has 0 aromatic carbocycles. The van der Waals surface area contributed by atoms with Crippen molar-refractivity contribution in [3.8, 4) is 11.1 Å². The van der Waals surface area contributed by atoms with Crippen molar-refractivity contribution < 1.29 is 19.1 Å². The molecule has 1 aliphatic heterocycles. The largest absolute Gasteiger partial charge is 0.380 e. The molecule has 0 radical (unpaired) electrons. The monoisotopic (exact) mass is 455 g/mol. The molecular weight excluding hydrogens is 429 g/mol. The SMILES string of the molecule is CCn1cc(-c2cc3c(N[C@@H]4CN(C(=O)C5(O)CC5)C[C@H]4CF)c(C(N)=O)cnn3c2)cn1. The van der Waals surface area contributed by atoms with Crippen molar-refractivity contribution in [2.24, 2.45) is 11.7 Å². The van der Waals surface area contributed by atoms with Gasteiger partial charge in [-0.05, 0) is 25.8 Å². The highest BCUT2D eigenvalue weighted by Crippen LogP contribution is 2.39. The molecular formula is C22H26FN7O3. The standard InChI is InChI=1S/C22H26FN7O3/c1-2-29-10-15(7-25-29)13-5-18-19(16(20(24)31)8-26-30(18)11-13)27-17-12-28(9-14(17)6-23)21(32)22(33)3-4-22/h5,7-8,10-11,14,17,27,33H,2-4,6,9,12H2,1H3,(H2,24,31)/t14-,17-/m1/s1. The van der Waals surface area contributed by atoms with Crippen molar-refractivity contribution in [1.82, 2.24) is 24.3 Å². The lowest BCUT2D eigenvalue weighted by atomic mass is 10.0. The Balaban J connectivity index is 1.49. The van der Waals surface area contributed by atoms with Crippen LogP contribution in [0.5, 0.6) is 0 Å². The summed E-state index contributed by atoms with van der Waals surface area (Å²) in [5.74, 6) is -1.51. The maximum Gasteiger partial charge on any atom is 0.254 e. The number of rotatable bonds is 7. The molecule has 3 aromatic heterocycles. The Labute approximate surface area is 189 Å². The lowest BCUT2D eigenvalue weighted by molar-refractivity contribution is -0.141. The fourth-order valence-corrected chi connectivity index (χ4v) is 4.41. The van der Waals surface area contributed by atoms with Gasteiger partial charge in [-0.25, -0.2) is 4.52 Å². The van der Waals surface area contributed by atoms with E-state index < -0.39 is 30.1 Å². The first kappa shape index (κ1) is 21.4. The molecule has 1 saturated carbocycles. The van der Waals surface area contributed by atoms with Crippen LogP contribution in [-0.4, -0.2) is 72.6 Å². The molecule has 4 heterocycles. The average molecular weight is 455 g/mol. The van der Waals surface area contributed by atoms with Crippen molar-refractivity contribution in [2.75, 3.05) is 25.1 Å². The third-order valence-electron chi connectivity index (χ3n) is 6.57. The number of carbonyl (C=O) groups excluding carboxylic acids is 2. The van der Waals surface area contributed by atoms with Gasteiger partial charge in [-0.1, -0.05) is 0 Å². The molecule has 0 spiro atoms. The fraction of sp³-hybridized carbons (Fsp3) is 0.455. The predicted molar refractivity (Wildman–Crippen MR) is 118 cm³/mol. The quantitative estimate of drug-likeness (QED) is 0.488. The number of nitrogens with zero attached hydrogens (tertiary/aromatic N) is 5. The van der Waals surface area contributed by atoms with Crippen LogP contribution < -0.4 is 11.1 Å². The van der Waals surface area contributed by atoms with Crippen molar-refractivity contribution in [3.63, 3.8) is 0 Å². The number of nitrogens with two attached hydrogens (primary N) is 1. The smallest absolute Gasteiger partial charge is 0.254 e. The highest BCUT2D eigenvalue weighted by Gasteiger charge is 2.52. The number of likely N-dealkylation sites (tertiary alicyclic amines) is 1. The number of hydrogen-bond donors (Lipinski definition) is 3. The van der Waals surface area contributed by atoms with Crippen molar-refractivity contribution in [1.29, 1.82) is 0 Å². The highest BCUT2D eigenvalue weighted by molar-refractivity contribution is 6.02. The number of aryl methyl sites for hydroxylation is 1. The topological polar surface area (TPSA) is 131 Å². The van der Waals surface area contributed by atoms with Crippen LogP contribution in [0.2, 0.25) is 0 Å². The van der Waals surface area contributed by atoms with Crippen LogP contribution in [0, 0.1) is 5.92 Å².